The van der Waals surface area contributed by atoms with Crippen molar-refractivity contribution in [1.82, 2.24) is 4.31 Å². The second-order valence-electron chi connectivity index (χ2n) is 4.82. The minimum absolute atomic E-state index is 0.118. The van der Waals surface area contributed by atoms with E-state index in [4.69, 9.17) is 10.8 Å². The molecular weight excluding hydrogens is 268 g/mol. The zero-order valence-electron chi connectivity index (χ0n) is 10.5. The highest BCUT2D eigenvalue weighted by atomic mass is 32.2. The molecule has 1 heterocycles. The first kappa shape index (κ1) is 14.0. The van der Waals surface area contributed by atoms with Gasteiger partial charge in [0.1, 0.15) is 5.54 Å². The summed E-state index contributed by atoms with van der Waals surface area (Å²) in [6.07, 6.45) is 0.118. The van der Waals surface area contributed by atoms with Gasteiger partial charge in [-0.3, -0.25) is 4.79 Å². The number of carboxylic acids is 1. The highest BCUT2D eigenvalue weighted by Gasteiger charge is 2.45. The van der Waals surface area contributed by atoms with Crippen LogP contribution in [0.4, 0.5) is 0 Å². The Bertz CT molecular complexity index is 614. The first-order valence-electron chi connectivity index (χ1n) is 5.85. The van der Waals surface area contributed by atoms with Crippen molar-refractivity contribution >= 4 is 16.0 Å². The van der Waals surface area contributed by atoms with Crippen LogP contribution in [0, 0.1) is 6.92 Å². The standard InChI is InChI=1S/C12H16N2O4S/c1-9-4-2-3-5-10(9)19(17,18)14-7-6-12(13,8-14)11(15)16/h2-5H,6-8,13H2,1H3,(H,15,16). The van der Waals surface area contributed by atoms with Crippen LogP contribution in [0.15, 0.2) is 29.2 Å². The Morgan fingerprint density at radius 3 is 2.58 bits per heavy atom. The molecule has 0 amide bonds. The van der Waals surface area contributed by atoms with E-state index in [2.05, 4.69) is 0 Å². The van der Waals surface area contributed by atoms with Crippen LogP contribution in [-0.2, 0) is 14.8 Å². The number of nitrogens with two attached hydrogens (primary N) is 1. The van der Waals surface area contributed by atoms with Crippen molar-refractivity contribution in [2.75, 3.05) is 13.1 Å². The molecule has 104 valence electrons. The van der Waals surface area contributed by atoms with E-state index < -0.39 is 21.5 Å². The van der Waals surface area contributed by atoms with Gasteiger partial charge in [0, 0.05) is 13.1 Å². The summed E-state index contributed by atoms with van der Waals surface area (Å²) in [4.78, 5) is 11.3. The van der Waals surface area contributed by atoms with E-state index in [-0.39, 0.29) is 24.4 Å². The van der Waals surface area contributed by atoms with Crippen molar-refractivity contribution in [3.05, 3.63) is 29.8 Å². The lowest BCUT2D eigenvalue weighted by Gasteiger charge is -2.20. The maximum absolute atomic E-state index is 12.4. The molecule has 3 N–H and O–H groups in total. The van der Waals surface area contributed by atoms with Crippen molar-refractivity contribution in [3.8, 4) is 0 Å². The van der Waals surface area contributed by atoms with Crippen LogP contribution in [0.1, 0.15) is 12.0 Å². The number of hydrogen-bond acceptors (Lipinski definition) is 4. The lowest BCUT2D eigenvalue weighted by Crippen LogP contribution is -2.50. The number of carboxylic acid groups (broad SMARTS) is 1. The summed E-state index contributed by atoms with van der Waals surface area (Å²) in [5.74, 6) is -1.17. The minimum atomic E-state index is -3.68. The number of rotatable bonds is 3. The maximum atomic E-state index is 12.4. The molecule has 0 bridgehead atoms. The van der Waals surface area contributed by atoms with Gasteiger partial charge in [0.25, 0.3) is 0 Å². The third-order valence-corrected chi connectivity index (χ3v) is 5.41. The maximum Gasteiger partial charge on any atom is 0.325 e. The van der Waals surface area contributed by atoms with Crippen molar-refractivity contribution in [2.45, 2.75) is 23.8 Å². The third-order valence-electron chi connectivity index (χ3n) is 3.40. The van der Waals surface area contributed by atoms with Gasteiger partial charge < -0.3 is 10.8 Å². The first-order chi connectivity index (χ1) is 8.77. The molecular formula is C12H16N2O4S. The molecule has 1 unspecified atom stereocenters. The van der Waals surface area contributed by atoms with Crippen LogP contribution >= 0.6 is 0 Å². The smallest absolute Gasteiger partial charge is 0.325 e. The Kier molecular flexibility index (Phi) is 3.38. The molecule has 2 rings (SSSR count). The van der Waals surface area contributed by atoms with Gasteiger partial charge in [-0.1, -0.05) is 18.2 Å². The summed E-state index contributed by atoms with van der Waals surface area (Å²) in [7, 11) is -3.68. The molecule has 1 saturated heterocycles. The van der Waals surface area contributed by atoms with E-state index >= 15 is 0 Å². The van der Waals surface area contributed by atoms with Crippen LogP contribution in [0.25, 0.3) is 0 Å². The number of carbonyl (C=O) groups is 1. The van der Waals surface area contributed by atoms with Gasteiger partial charge in [0.15, 0.2) is 0 Å². The highest BCUT2D eigenvalue weighted by molar-refractivity contribution is 7.89. The Hall–Kier alpha value is -1.44. The Morgan fingerprint density at radius 1 is 1.42 bits per heavy atom. The lowest BCUT2D eigenvalue weighted by atomic mass is 10.0. The molecule has 1 aromatic carbocycles. The summed E-state index contributed by atoms with van der Waals surface area (Å²) in [5, 5.41) is 9.03. The monoisotopic (exact) mass is 284 g/mol. The molecule has 7 heteroatoms. The Balaban J connectivity index is 2.34. The van der Waals surface area contributed by atoms with Crippen LogP contribution in [-0.4, -0.2) is 42.4 Å². The number of aliphatic carboxylic acids is 1. The van der Waals surface area contributed by atoms with Gasteiger partial charge >= 0.3 is 5.97 Å². The van der Waals surface area contributed by atoms with Crippen molar-refractivity contribution in [2.24, 2.45) is 5.73 Å². The van der Waals surface area contributed by atoms with Gasteiger partial charge in [0.2, 0.25) is 10.0 Å². The summed E-state index contributed by atoms with van der Waals surface area (Å²) in [5.41, 5.74) is 4.84. The molecule has 0 saturated carbocycles. The fraction of sp³-hybridized carbons (Fsp3) is 0.417. The minimum Gasteiger partial charge on any atom is -0.480 e. The lowest BCUT2D eigenvalue weighted by molar-refractivity contribution is -0.142. The van der Waals surface area contributed by atoms with Crippen LogP contribution in [0.5, 0.6) is 0 Å². The predicted octanol–water partition coefficient (Wildman–Crippen LogP) is 0.172. The summed E-state index contributed by atoms with van der Waals surface area (Å²) in [6, 6.07) is 6.61. The average Bonchev–Trinajstić information content (AvgIpc) is 2.74. The summed E-state index contributed by atoms with van der Waals surface area (Å²) in [6.45, 7) is 1.63. The van der Waals surface area contributed by atoms with Crippen LogP contribution in [0.2, 0.25) is 0 Å². The number of benzene rings is 1. The number of aryl methyl sites for hydroxylation is 1. The molecule has 0 spiro atoms. The summed E-state index contributed by atoms with van der Waals surface area (Å²) < 4.78 is 26.0. The van der Waals surface area contributed by atoms with Gasteiger partial charge in [-0.05, 0) is 25.0 Å². The largest absolute Gasteiger partial charge is 0.480 e. The number of sulfonamides is 1. The van der Waals surface area contributed by atoms with Crippen molar-refractivity contribution in [3.63, 3.8) is 0 Å². The zero-order chi connectivity index (χ0) is 14.3. The molecule has 1 fully saturated rings. The molecule has 19 heavy (non-hydrogen) atoms. The SMILES string of the molecule is Cc1ccccc1S(=O)(=O)N1CCC(N)(C(=O)O)C1. The van der Waals surface area contributed by atoms with E-state index in [1.165, 1.54) is 6.07 Å². The number of hydrogen-bond donors (Lipinski definition) is 2. The van der Waals surface area contributed by atoms with Gasteiger partial charge in [0.05, 0.1) is 4.90 Å². The second-order valence-corrected chi connectivity index (χ2v) is 6.72. The fourth-order valence-electron chi connectivity index (χ4n) is 2.16. The molecule has 1 atom stereocenters. The fourth-order valence-corrected chi connectivity index (χ4v) is 3.90. The molecule has 1 aromatic rings. The van der Waals surface area contributed by atoms with Crippen molar-refractivity contribution < 1.29 is 18.3 Å². The van der Waals surface area contributed by atoms with Crippen LogP contribution < -0.4 is 5.73 Å². The Morgan fingerprint density at radius 2 is 2.05 bits per heavy atom. The number of nitrogens with zero attached hydrogens (tertiary/aromatic N) is 1. The topological polar surface area (TPSA) is 101 Å². The molecule has 0 aliphatic carbocycles. The van der Waals surface area contributed by atoms with Crippen molar-refractivity contribution in [1.29, 1.82) is 0 Å². The quantitative estimate of drug-likeness (QED) is 0.824. The van der Waals surface area contributed by atoms with E-state index in [0.717, 1.165) is 4.31 Å². The second kappa shape index (κ2) is 4.59. The third kappa shape index (κ3) is 2.36. The average molecular weight is 284 g/mol. The molecule has 0 aromatic heterocycles. The molecule has 0 radical (unpaired) electrons. The normalized spacial score (nSPS) is 24.5. The molecule has 1 aliphatic heterocycles. The van der Waals surface area contributed by atoms with E-state index in [9.17, 15) is 13.2 Å². The van der Waals surface area contributed by atoms with Gasteiger partial charge in [-0.15, -0.1) is 0 Å². The zero-order valence-corrected chi connectivity index (χ0v) is 11.4. The predicted molar refractivity (Wildman–Crippen MR) is 69.1 cm³/mol. The van der Waals surface area contributed by atoms with E-state index in [1.54, 1.807) is 25.1 Å². The van der Waals surface area contributed by atoms with E-state index in [0.29, 0.717) is 5.56 Å². The van der Waals surface area contributed by atoms with Gasteiger partial charge in [-0.2, -0.15) is 4.31 Å². The molecule has 6 nitrogen and oxygen atoms in total. The summed E-state index contributed by atoms with van der Waals surface area (Å²) >= 11 is 0. The highest BCUT2D eigenvalue weighted by Crippen LogP contribution is 2.27. The Labute approximate surface area is 111 Å². The van der Waals surface area contributed by atoms with Crippen LogP contribution in [0.3, 0.4) is 0 Å². The molecule has 1 aliphatic rings. The first-order valence-corrected chi connectivity index (χ1v) is 7.29. The van der Waals surface area contributed by atoms with Gasteiger partial charge in [-0.25, -0.2) is 8.42 Å². The van der Waals surface area contributed by atoms with E-state index in [1.807, 2.05) is 0 Å².